The second-order valence-corrected chi connectivity index (χ2v) is 8.38. The fraction of sp³-hybridized carbons (Fsp3) is 0.778. The third-order valence-corrected chi connectivity index (χ3v) is 6.98. The molecule has 0 spiro atoms. The molecule has 140 valence electrons. The Kier molecular flexibility index (Phi) is 2.96. The highest BCUT2D eigenvalue weighted by Crippen LogP contribution is 2.62. The molecule has 6 aliphatic rings. The van der Waals surface area contributed by atoms with E-state index < -0.39 is 11.6 Å². The van der Waals surface area contributed by atoms with Gasteiger partial charge in [0.2, 0.25) is 0 Å². The van der Waals surface area contributed by atoms with E-state index in [9.17, 15) is 19.2 Å². The Labute approximate surface area is 149 Å². The predicted octanol–water partition coefficient (Wildman–Crippen LogP) is 1.49. The van der Waals surface area contributed by atoms with E-state index in [0.717, 1.165) is 25.7 Å². The van der Waals surface area contributed by atoms with Gasteiger partial charge in [0.25, 0.3) is 11.6 Å². The molecular formula is C18H20O8. The molecule has 26 heavy (non-hydrogen) atoms. The van der Waals surface area contributed by atoms with Crippen molar-refractivity contribution in [1.82, 2.24) is 0 Å². The lowest BCUT2D eigenvalue weighted by molar-refractivity contribution is -0.212. The van der Waals surface area contributed by atoms with Crippen molar-refractivity contribution < 1.29 is 38.1 Å². The first kappa shape index (κ1) is 16.1. The molecule has 0 aromatic heterocycles. The number of hydrogen-bond donors (Lipinski definition) is 0. The molecule has 0 atom stereocenters. The van der Waals surface area contributed by atoms with Crippen molar-refractivity contribution in [3.63, 3.8) is 0 Å². The molecular weight excluding hydrogens is 344 g/mol. The highest BCUT2D eigenvalue weighted by atomic mass is 16.8. The summed E-state index contributed by atoms with van der Waals surface area (Å²) in [4.78, 5) is 44.6. The number of rotatable bonds is 0. The first-order valence-electron chi connectivity index (χ1n) is 9.19. The minimum atomic E-state index is -0.860. The molecule has 8 heteroatoms. The molecule has 0 radical (unpaired) electrons. The maximum atomic E-state index is 11.2. The van der Waals surface area contributed by atoms with E-state index in [4.69, 9.17) is 18.9 Å². The summed E-state index contributed by atoms with van der Waals surface area (Å²) in [5, 5.41) is 0. The normalized spacial score (nSPS) is 47.1. The quantitative estimate of drug-likeness (QED) is 0.595. The monoisotopic (exact) mass is 364 g/mol. The third kappa shape index (κ3) is 1.85. The van der Waals surface area contributed by atoms with E-state index in [1.54, 1.807) is 0 Å². The SMILES string of the molecule is O=C1CC23CCCC2(O1)OC(=O)C3.O=C1CC23CCCC2(O1)OC(=O)C3. The van der Waals surface area contributed by atoms with Gasteiger partial charge in [0.05, 0.1) is 36.5 Å². The summed E-state index contributed by atoms with van der Waals surface area (Å²) in [6.07, 6.45) is 6.54. The van der Waals surface area contributed by atoms with Crippen LogP contribution < -0.4 is 0 Å². The fourth-order valence-corrected chi connectivity index (χ4v) is 5.91. The molecule has 6 fully saturated rings. The van der Waals surface area contributed by atoms with Gasteiger partial charge in [-0.15, -0.1) is 0 Å². The fourth-order valence-electron chi connectivity index (χ4n) is 5.91. The van der Waals surface area contributed by atoms with Gasteiger partial charge in [-0.3, -0.25) is 19.2 Å². The second kappa shape index (κ2) is 4.78. The van der Waals surface area contributed by atoms with Crippen LogP contribution in [0.15, 0.2) is 0 Å². The van der Waals surface area contributed by atoms with Crippen molar-refractivity contribution in [2.45, 2.75) is 75.8 Å². The highest BCUT2D eigenvalue weighted by molar-refractivity contribution is 5.82. The smallest absolute Gasteiger partial charge is 0.309 e. The molecule has 0 unspecified atom stereocenters. The average Bonchev–Trinajstić information content (AvgIpc) is 3.18. The standard InChI is InChI=1S/2C9H10O4/c2*10-6-4-8-2-1-3-9(8,12-6)13-7(11)5-8/h2*1-5H2. The van der Waals surface area contributed by atoms with E-state index in [-0.39, 0.29) is 34.7 Å². The lowest BCUT2D eigenvalue weighted by Crippen LogP contribution is -2.36. The molecule has 4 heterocycles. The number of ether oxygens (including phenoxy) is 4. The molecule has 8 nitrogen and oxygen atoms in total. The summed E-state index contributed by atoms with van der Waals surface area (Å²) in [6.45, 7) is 0. The predicted molar refractivity (Wildman–Crippen MR) is 80.9 cm³/mol. The largest absolute Gasteiger partial charge is 0.422 e. The zero-order valence-electron chi connectivity index (χ0n) is 14.3. The van der Waals surface area contributed by atoms with Gasteiger partial charge in [0.1, 0.15) is 0 Å². The third-order valence-electron chi connectivity index (χ3n) is 6.98. The molecule has 6 rings (SSSR count). The Bertz CT molecular complexity index is 583. The lowest BCUT2D eigenvalue weighted by Gasteiger charge is -2.26. The van der Waals surface area contributed by atoms with Gasteiger partial charge in [-0.05, 0) is 25.7 Å². The molecule has 0 aromatic carbocycles. The molecule has 2 saturated carbocycles. The molecule has 0 bridgehead atoms. The van der Waals surface area contributed by atoms with Gasteiger partial charge in [-0.1, -0.05) is 0 Å². The van der Waals surface area contributed by atoms with Crippen molar-refractivity contribution in [2.24, 2.45) is 10.8 Å². The van der Waals surface area contributed by atoms with E-state index >= 15 is 0 Å². The Morgan fingerprint density at radius 1 is 0.500 bits per heavy atom. The Morgan fingerprint density at radius 3 is 1.08 bits per heavy atom. The van der Waals surface area contributed by atoms with Crippen molar-refractivity contribution in [3.8, 4) is 0 Å². The van der Waals surface area contributed by atoms with Gasteiger partial charge >= 0.3 is 23.9 Å². The van der Waals surface area contributed by atoms with Gasteiger partial charge in [0, 0.05) is 12.8 Å². The van der Waals surface area contributed by atoms with Crippen molar-refractivity contribution in [2.75, 3.05) is 0 Å². The zero-order valence-corrected chi connectivity index (χ0v) is 14.3. The van der Waals surface area contributed by atoms with Crippen LogP contribution in [-0.4, -0.2) is 35.5 Å². The highest BCUT2D eigenvalue weighted by Gasteiger charge is 2.71. The van der Waals surface area contributed by atoms with E-state index in [1.807, 2.05) is 0 Å². The maximum Gasteiger partial charge on any atom is 0.309 e. The van der Waals surface area contributed by atoms with E-state index in [0.29, 0.717) is 38.5 Å². The average molecular weight is 364 g/mol. The van der Waals surface area contributed by atoms with Crippen LogP contribution in [0.4, 0.5) is 0 Å². The van der Waals surface area contributed by atoms with Crippen LogP contribution in [0.2, 0.25) is 0 Å². The van der Waals surface area contributed by atoms with Gasteiger partial charge in [0.15, 0.2) is 0 Å². The summed E-state index contributed by atoms with van der Waals surface area (Å²) >= 11 is 0. The van der Waals surface area contributed by atoms with Crippen LogP contribution in [-0.2, 0) is 38.1 Å². The Morgan fingerprint density at radius 2 is 0.808 bits per heavy atom. The summed E-state index contributed by atoms with van der Waals surface area (Å²) in [5.74, 6) is -2.58. The topological polar surface area (TPSA) is 105 Å². The van der Waals surface area contributed by atoms with E-state index in [1.165, 1.54) is 0 Å². The number of esters is 4. The summed E-state index contributed by atoms with van der Waals surface area (Å²) in [5.41, 5.74) is -0.609. The van der Waals surface area contributed by atoms with Crippen molar-refractivity contribution in [1.29, 1.82) is 0 Å². The first-order chi connectivity index (χ1) is 12.3. The zero-order chi connectivity index (χ0) is 18.2. The molecule has 0 N–H and O–H groups in total. The maximum absolute atomic E-state index is 11.2. The first-order valence-corrected chi connectivity index (χ1v) is 9.19. The summed E-state index contributed by atoms with van der Waals surface area (Å²) in [6, 6.07) is 0. The van der Waals surface area contributed by atoms with Crippen LogP contribution in [0.25, 0.3) is 0 Å². The van der Waals surface area contributed by atoms with Crippen LogP contribution >= 0.6 is 0 Å². The molecule has 4 aliphatic heterocycles. The van der Waals surface area contributed by atoms with Gasteiger partial charge < -0.3 is 18.9 Å². The van der Waals surface area contributed by atoms with Crippen LogP contribution in [0, 0.1) is 10.8 Å². The van der Waals surface area contributed by atoms with Crippen molar-refractivity contribution >= 4 is 23.9 Å². The molecule has 0 amide bonds. The molecule has 2 aliphatic carbocycles. The molecule has 4 saturated heterocycles. The second-order valence-electron chi connectivity index (χ2n) is 8.38. The van der Waals surface area contributed by atoms with Gasteiger partial charge in [-0.2, -0.15) is 0 Å². The molecule has 0 aromatic rings. The minimum Gasteiger partial charge on any atom is -0.422 e. The lowest BCUT2D eigenvalue weighted by atomic mass is 9.79. The Balaban J connectivity index is 0.000000115. The minimum absolute atomic E-state index is 0.216. The number of carbonyl (C=O) groups is 4. The number of hydrogen-bond acceptors (Lipinski definition) is 8. The van der Waals surface area contributed by atoms with Crippen LogP contribution in [0.1, 0.15) is 64.2 Å². The van der Waals surface area contributed by atoms with Crippen LogP contribution in [0.5, 0.6) is 0 Å². The number of carbonyl (C=O) groups excluding carboxylic acids is 4. The van der Waals surface area contributed by atoms with Gasteiger partial charge in [-0.25, -0.2) is 0 Å². The van der Waals surface area contributed by atoms with Crippen LogP contribution in [0.3, 0.4) is 0 Å². The van der Waals surface area contributed by atoms with E-state index in [2.05, 4.69) is 0 Å². The summed E-state index contributed by atoms with van der Waals surface area (Å²) < 4.78 is 20.7. The summed E-state index contributed by atoms with van der Waals surface area (Å²) in [7, 11) is 0. The Hall–Kier alpha value is -2.12. The van der Waals surface area contributed by atoms with Crippen molar-refractivity contribution in [3.05, 3.63) is 0 Å².